The van der Waals surface area contributed by atoms with Crippen LogP contribution < -0.4 is 0 Å². The number of allylic oxidation sites excluding steroid dienone is 2. The molecule has 1 heterocycles. The van der Waals surface area contributed by atoms with Crippen molar-refractivity contribution in [3.8, 4) is 11.5 Å². The second-order valence-corrected chi connectivity index (χ2v) is 12.4. The predicted molar refractivity (Wildman–Crippen MR) is 102 cm³/mol. The molecule has 1 saturated heterocycles. The molecule has 0 spiro atoms. The van der Waals surface area contributed by atoms with Gasteiger partial charge in [0.2, 0.25) is 0 Å². The highest BCUT2D eigenvalue weighted by molar-refractivity contribution is 6.83. The monoisotopic (exact) mass is 336 g/mol. The molecule has 2 atom stereocenters. The molecule has 1 aliphatic heterocycles. The Morgan fingerprint density at radius 1 is 1.17 bits per heavy atom. The van der Waals surface area contributed by atoms with Crippen LogP contribution in [0.25, 0.3) is 0 Å². The van der Waals surface area contributed by atoms with Crippen LogP contribution in [0.2, 0.25) is 19.6 Å². The van der Waals surface area contributed by atoms with E-state index in [0.29, 0.717) is 6.10 Å². The summed E-state index contributed by atoms with van der Waals surface area (Å²) in [6.45, 7) is 9.90. The third-order valence-electron chi connectivity index (χ3n) is 3.85. The third kappa shape index (κ3) is 12.5. The average molecular weight is 337 g/mol. The second kappa shape index (κ2) is 11.9. The van der Waals surface area contributed by atoms with E-state index in [1.54, 1.807) is 0 Å². The first-order valence-electron chi connectivity index (χ1n) is 9.39. The summed E-state index contributed by atoms with van der Waals surface area (Å²) in [4.78, 5) is 0. The molecular formula is C20H36O2Si. The largest absolute Gasteiger partial charge is 0.353 e. The molecule has 2 nitrogen and oxygen atoms in total. The van der Waals surface area contributed by atoms with Gasteiger partial charge >= 0.3 is 0 Å². The maximum Gasteiger partial charge on any atom is 0.157 e. The van der Waals surface area contributed by atoms with Crippen molar-refractivity contribution in [3.63, 3.8) is 0 Å². The van der Waals surface area contributed by atoms with Crippen molar-refractivity contribution >= 4 is 8.07 Å². The summed E-state index contributed by atoms with van der Waals surface area (Å²) in [5.74, 6) is 3.28. The van der Waals surface area contributed by atoms with Crippen LogP contribution in [0.5, 0.6) is 0 Å². The van der Waals surface area contributed by atoms with E-state index >= 15 is 0 Å². The van der Waals surface area contributed by atoms with Gasteiger partial charge in [0.05, 0.1) is 6.10 Å². The minimum atomic E-state index is -1.19. The molecule has 1 fully saturated rings. The van der Waals surface area contributed by atoms with E-state index in [1.165, 1.54) is 38.5 Å². The lowest BCUT2D eigenvalue weighted by atomic mass is 10.1. The van der Waals surface area contributed by atoms with Gasteiger partial charge in [-0.25, -0.2) is 0 Å². The van der Waals surface area contributed by atoms with Gasteiger partial charge in [-0.1, -0.05) is 44.6 Å². The lowest BCUT2D eigenvalue weighted by molar-refractivity contribution is -0.185. The van der Waals surface area contributed by atoms with E-state index in [2.05, 4.69) is 50.2 Å². The molecule has 1 rings (SSSR count). The lowest BCUT2D eigenvalue weighted by Gasteiger charge is -2.26. The summed E-state index contributed by atoms with van der Waals surface area (Å²) >= 11 is 0. The number of ether oxygens (including phenoxy) is 2. The van der Waals surface area contributed by atoms with Gasteiger partial charge in [-0.05, 0) is 45.4 Å². The summed E-state index contributed by atoms with van der Waals surface area (Å²) < 4.78 is 11.6. The quantitative estimate of drug-likeness (QED) is 0.233. The van der Waals surface area contributed by atoms with Crippen LogP contribution in [0.3, 0.4) is 0 Å². The van der Waals surface area contributed by atoms with E-state index in [9.17, 15) is 0 Å². The van der Waals surface area contributed by atoms with E-state index < -0.39 is 8.07 Å². The molecule has 132 valence electrons. The Labute approximate surface area is 145 Å². The van der Waals surface area contributed by atoms with E-state index in [1.807, 2.05) is 0 Å². The molecule has 3 heteroatoms. The fraction of sp³-hybridized carbons (Fsp3) is 0.800. The fourth-order valence-electron chi connectivity index (χ4n) is 2.59. The smallest absolute Gasteiger partial charge is 0.157 e. The van der Waals surface area contributed by atoms with Crippen molar-refractivity contribution in [1.82, 2.24) is 0 Å². The van der Waals surface area contributed by atoms with Crippen molar-refractivity contribution in [1.29, 1.82) is 0 Å². The number of hydrogen-bond donors (Lipinski definition) is 0. The number of unbranched alkanes of at least 4 members (excludes halogenated alkanes) is 3. The Hall–Kier alpha value is -0.563. The molecule has 0 aromatic heterocycles. The summed E-state index contributed by atoms with van der Waals surface area (Å²) in [7, 11) is -1.19. The van der Waals surface area contributed by atoms with Gasteiger partial charge in [0.25, 0.3) is 0 Å². The zero-order valence-corrected chi connectivity index (χ0v) is 16.7. The van der Waals surface area contributed by atoms with Crippen molar-refractivity contribution in [2.45, 2.75) is 96.7 Å². The molecule has 0 aromatic rings. The SMILES string of the molecule is CC(CCCCC/C=C\CC#C[Si](C)(C)C)OC1CCCCO1. The van der Waals surface area contributed by atoms with Crippen LogP contribution in [-0.2, 0) is 9.47 Å². The predicted octanol–water partition coefficient (Wildman–Crippen LogP) is 5.70. The maximum absolute atomic E-state index is 5.94. The van der Waals surface area contributed by atoms with Gasteiger partial charge in [-0.3, -0.25) is 0 Å². The molecule has 0 N–H and O–H groups in total. The molecule has 23 heavy (non-hydrogen) atoms. The van der Waals surface area contributed by atoms with Gasteiger partial charge in [0.1, 0.15) is 8.07 Å². The standard InChI is InChI=1S/C20H36O2Si/c1-19(22-20-16-12-13-17-21-20)15-11-9-7-5-6-8-10-14-18-23(2,3)4/h6,8,19-20H,5,7,9-13,15-17H2,1-4H3/b8-6-. The van der Waals surface area contributed by atoms with Gasteiger partial charge < -0.3 is 9.47 Å². The first kappa shape index (κ1) is 20.5. The van der Waals surface area contributed by atoms with Crippen LogP contribution >= 0.6 is 0 Å². The molecule has 0 aromatic carbocycles. The van der Waals surface area contributed by atoms with Gasteiger partial charge in [0.15, 0.2) is 6.29 Å². The fourth-order valence-corrected chi connectivity index (χ4v) is 3.23. The zero-order chi connectivity index (χ0) is 17.0. The van der Waals surface area contributed by atoms with E-state index in [4.69, 9.17) is 9.47 Å². The summed E-state index contributed by atoms with van der Waals surface area (Å²) in [6.07, 6.45) is 15.4. The molecule has 0 bridgehead atoms. The third-order valence-corrected chi connectivity index (χ3v) is 4.78. The molecule has 0 saturated carbocycles. The first-order valence-corrected chi connectivity index (χ1v) is 12.9. The molecule has 0 amide bonds. The zero-order valence-electron chi connectivity index (χ0n) is 15.7. The normalized spacial score (nSPS) is 20.3. The van der Waals surface area contributed by atoms with Gasteiger partial charge in [-0.2, -0.15) is 0 Å². The highest BCUT2D eigenvalue weighted by Gasteiger charge is 2.16. The Morgan fingerprint density at radius 2 is 2.00 bits per heavy atom. The minimum absolute atomic E-state index is 0.0546. The highest BCUT2D eigenvalue weighted by atomic mass is 28.3. The molecule has 1 aliphatic rings. The van der Waals surface area contributed by atoms with Crippen LogP contribution in [0.15, 0.2) is 12.2 Å². The average Bonchev–Trinajstić information content (AvgIpc) is 2.49. The molecule has 0 radical (unpaired) electrons. The Morgan fingerprint density at radius 3 is 2.70 bits per heavy atom. The summed E-state index contributed by atoms with van der Waals surface area (Å²) in [5.41, 5.74) is 3.39. The molecule has 2 unspecified atom stereocenters. The van der Waals surface area contributed by atoms with E-state index in [0.717, 1.165) is 25.9 Å². The maximum atomic E-state index is 5.94. The Bertz CT molecular complexity index is 381. The minimum Gasteiger partial charge on any atom is -0.353 e. The van der Waals surface area contributed by atoms with Crippen LogP contribution in [0.4, 0.5) is 0 Å². The van der Waals surface area contributed by atoms with Crippen LogP contribution in [-0.4, -0.2) is 27.1 Å². The van der Waals surface area contributed by atoms with E-state index in [-0.39, 0.29) is 6.29 Å². The van der Waals surface area contributed by atoms with Crippen molar-refractivity contribution < 1.29 is 9.47 Å². The number of hydrogen-bond acceptors (Lipinski definition) is 2. The number of rotatable bonds is 9. The van der Waals surface area contributed by atoms with Gasteiger partial charge in [-0.15, -0.1) is 11.5 Å². The summed E-state index contributed by atoms with van der Waals surface area (Å²) in [6, 6.07) is 0. The lowest BCUT2D eigenvalue weighted by Crippen LogP contribution is -2.26. The highest BCUT2D eigenvalue weighted by Crippen LogP contribution is 2.17. The van der Waals surface area contributed by atoms with Crippen molar-refractivity contribution in [3.05, 3.63) is 12.2 Å². The summed E-state index contributed by atoms with van der Waals surface area (Å²) in [5, 5.41) is 0. The van der Waals surface area contributed by atoms with Gasteiger partial charge in [0, 0.05) is 13.0 Å². The molecule has 0 aliphatic carbocycles. The Balaban J connectivity index is 1.95. The van der Waals surface area contributed by atoms with Crippen LogP contribution in [0.1, 0.15) is 64.7 Å². The van der Waals surface area contributed by atoms with Crippen LogP contribution in [0, 0.1) is 11.5 Å². The Kier molecular flexibility index (Phi) is 10.6. The second-order valence-electron chi connectivity index (χ2n) is 7.61. The molecular weight excluding hydrogens is 300 g/mol. The first-order chi connectivity index (χ1) is 11.0. The van der Waals surface area contributed by atoms with Crippen molar-refractivity contribution in [2.24, 2.45) is 0 Å². The van der Waals surface area contributed by atoms with Crippen molar-refractivity contribution in [2.75, 3.05) is 6.61 Å². The topological polar surface area (TPSA) is 18.5 Å².